The number of carbonyl (C=O) groups is 1. The molecule has 2 aliphatic rings. The van der Waals surface area contributed by atoms with Gasteiger partial charge in [-0.2, -0.15) is 0 Å². The molecule has 2 atom stereocenters. The second-order valence-corrected chi connectivity index (χ2v) is 7.03. The molecule has 7 nitrogen and oxygen atoms in total. The number of hydrogen-bond donors (Lipinski definition) is 1. The summed E-state index contributed by atoms with van der Waals surface area (Å²) < 4.78 is 5.86. The van der Waals surface area contributed by atoms with Gasteiger partial charge < -0.3 is 15.0 Å². The van der Waals surface area contributed by atoms with Crippen molar-refractivity contribution in [3.05, 3.63) is 64.2 Å². The first-order valence-corrected chi connectivity index (χ1v) is 9.17. The smallest absolute Gasteiger partial charge is 0.270 e. The summed E-state index contributed by atoms with van der Waals surface area (Å²) in [5.74, 6) is 0.690. The predicted octanol–water partition coefficient (Wildman–Crippen LogP) is 3.78. The topological polar surface area (TPSA) is 84.7 Å². The highest BCUT2D eigenvalue weighted by atomic mass is 35.5. The van der Waals surface area contributed by atoms with Gasteiger partial charge in [-0.1, -0.05) is 18.2 Å². The van der Waals surface area contributed by atoms with Gasteiger partial charge in [0.05, 0.1) is 10.5 Å². The highest BCUT2D eigenvalue weighted by molar-refractivity contribution is 5.97. The van der Waals surface area contributed by atoms with Gasteiger partial charge in [0.1, 0.15) is 11.5 Å². The Labute approximate surface area is 169 Å². The Morgan fingerprint density at radius 3 is 2.61 bits per heavy atom. The molecule has 2 aliphatic heterocycles. The summed E-state index contributed by atoms with van der Waals surface area (Å²) in [4.78, 5) is 25.7. The van der Waals surface area contributed by atoms with E-state index in [2.05, 4.69) is 5.32 Å². The summed E-state index contributed by atoms with van der Waals surface area (Å²) in [5, 5.41) is 14.8. The normalized spacial score (nSPS) is 20.8. The van der Waals surface area contributed by atoms with Crippen LogP contribution >= 0.6 is 12.4 Å². The molecule has 4 rings (SSSR count). The molecule has 28 heavy (non-hydrogen) atoms. The van der Waals surface area contributed by atoms with Crippen LogP contribution in [0.5, 0.6) is 11.5 Å². The lowest BCUT2D eigenvalue weighted by Gasteiger charge is -2.25. The van der Waals surface area contributed by atoms with Gasteiger partial charge in [-0.15, -0.1) is 12.4 Å². The molecule has 0 saturated carbocycles. The second kappa shape index (κ2) is 8.58. The minimum absolute atomic E-state index is 0. The van der Waals surface area contributed by atoms with Crippen LogP contribution in [0.25, 0.3) is 0 Å². The number of para-hydroxylation sites is 1. The lowest BCUT2D eigenvalue weighted by molar-refractivity contribution is -0.384. The van der Waals surface area contributed by atoms with Crippen molar-refractivity contribution in [3.63, 3.8) is 0 Å². The average Bonchev–Trinajstić information content (AvgIpc) is 3.01. The number of nitrogens with zero attached hydrogens (tertiary/aromatic N) is 2. The third-order valence-corrected chi connectivity index (χ3v) is 5.19. The zero-order chi connectivity index (χ0) is 18.8. The van der Waals surface area contributed by atoms with Crippen LogP contribution in [0.3, 0.4) is 0 Å². The largest absolute Gasteiger partial charge is 0.457 e. The quantitative estimate of drug-likeness (QED) is 0.620. The average molecular weight is 404 g/mol. The fourth-order valence-electron chi connectivity index (χ4n) is 3.80. The Bertz CT molecular complexity index is 862. The number of benzene rings is 2. The number of fused-ring (bicyclic) bond motifs is 2. The number of likely N-dealkylation sites (tertiary alicyclic amines) is 1. The zero-order valence-electron chi connectivity index (χ0n) is 15.2. The Hall–Kier alpha value is -2.64. The molecule has 2 fully saturated rings. The van der Waals surface area contributed by atoms with Crippen molar-refractivity contribution in [3.8, 4) is 11.5 Å². The lowest BCUT2D eigenvalue weighted by atomic mass is 10.1. The van der Waals surface area contributed by atoms with E-state index >= 15 is 0 Å². The number of carbonyl (C=O) groups excluding carboxylic acids is 1. The molecule has 0 aromatic heterocycles. The van der Waals surface area contributed by atoms with Gasteiger partial charge in [0.25, 0.3) is 11.6 Å². The van der Waals surface area contributed by atoms with Crippen LogP contribution in [0.2, 0.25) is 0 Å². The first kappa shape index (κ1) is 20.1. The molecule has 1 amide bonds. The number of nitro benzene ring substituents is 1. The molecular formula is C20H22ClN3O4. The van der Waals surface area contributed by atoms with Crippen LogP contribution in [-0.2, 0) is 0 Å². The number of non-ortho nitro benzene ring substituents is 1. The van der Waals surface area contributed by atoms with Crippen molar-refractivity contribution >= 4 is 24.0 Å². The lowest BCUT2D eigenvalue weighted by Crippen LogP contribution is -2.39. The van der Waals surface area contributed by atoms with E-state index in [1.165, 1.54) is 18.2 Å². The maximum absolute atomic E-state index is 13.2. The summed E-state index contributed by atoms with van der Waals surface area (Å²) in [6, 6.07) is 14.0. The van der Waals surface area contributed by atoms with Crippen molar-refractivity contribution in [1.29, 1.82) is 0 Å². The van der Waals surface area contributed by atoms with E-state index in [1.54, 1.807) is 17.0 Å². The number of nitro groups is 1. The van der Waals surface area contributed by atoms with Crippen molar-refractivity contribution in [2.75, 3.05) is 13.1 Å². The summed E-state index contributed by atoms with van der Waals surface area (Å²) in [6.07, 6.45) is 3.09. The molecule has 2 saturated heterocycles. The Morgan fingerprint density at radius 1 is 1.11 bits per heavy atom. The molecule has 2 bridgehead atoms. The van der Waals surface area contributed by atoms with Crippen molar-refractivity contribution < 1.29 is 14.5 Å². The Balaban J connectivity index is 0.00000225. The zero-order valence-corrected chi connectivity index (χ0v) is 16.1. The van der Waals surface area contributed by atoms with E-state index in [0.717, 1.165) is 19.3 Å². The molecular weight excluding hydrogens is 382 g/mol. The Morgan fingerprint density at radius 2 is 1.86 bits per heavy atom. The van der Waals surface area contributed by atoms with Gasteiger partial charge in [-0.3, -0.25) is 14.9 Å². The first-order valence-electron chi connectivity index (χ1n) is 9.17. The van der Waals surface area contributed by atoms with Crippen LogP contribution in [0.15, 0.2) is 48.5 Å². The van der Waals surface area contributed by atoms with Gasteiger partial charge in [0.15, 0.2) is 0 Å². The highest BCUT2D eigenvalue weighted by Crippen LogP contribution is 2.31. The van der Waals surface area contributed by atoms with E-state index in [0.29, 0.717) is 36.7 Å². The predicted molar refractivity (Wildman–Crippen MR) is 107 cm³/mol. The molecule has 0 radical (unpaired) electrons. The fraction of sp³-hybridized carbons (Fsp3) is 0.350. The van der Waals surface area contributed by atoms with Gasteiger partial charge in [0.2, 0.25) is 0 Å². The van der Waals surface area contributed by atoms with Gasteiger partial charge in [-0.05, 0) is 37.5 Å². The SMILES string of the molecule is Cl.O=C(c1cc([N+](=O)[O-])ccc1Oc1ccccc1)N1CCC2CCC(C1)N2. The number of hydrogen-bond acceptors (Lipinski definition) is 5. The van der Waals surface area contributed by atoms with Gasteiger partial charge in [-0.25, -0.2) is 0 Å². The van der Waals surface area contributed by atoms with Crippen LogP contribution in [0.4, 0.5) is 5.69 Å². The number of halogens is 1. The molecule has 2 heterocycles. The third-order valence-electron chi connectivity index (χ3n) is 5.19. The maximum Gasteiger partial charge on any atom is 0.270 e. The van der Waals surface area contributed by atoms with E-state index in [-0.39, 0.29) is 29.6 Å². The van der Waals surface area contributed by atoms with Gasteiger partial charge >= 0.3 is 0 Å². The van der Waals surface area contributed by atoms with Crippen molar-refractivity contribution in [2.24, 2.45) is 0 Å². The highest BCUT2D eigenvalue weighted by Gasteiger charge is 2.32. The molecule has 0 spiro atoms. The van der Waals surface area contributed by atoms with Gasteiger partial charge in [0, 0.05) is 37.3 Å². The first-order chi connectivity index (χ1) is 13.1. The molecule has 8 heteroatoms. The molecule has 2 aromatic carbocycles. The summed E-state index contributed by atoms with van der Waals surface area (Å²) in [5.41, 5.74) is 0.110. The van der Waals surface area contributed by atoms with Crippen molar-refractivity contribution in [1.82, 2.24) is 10.2 Å². The molecule has 0 aliphatic carbocycles. The number of nitrogens with one attached hydrogen (secondary N) is 1. The van der Waals surface area contributed by atoms with Crippen molar-refractivity contribution in [2.45, 2.75) is 31.3 Å². The molecule has 1 N–H and O–H groups in total. The van der Waals surface area contributed by atoms with Crippen LogP contribution in [-0.4, -0.2) is 40.9 Å². The summed E-state index contributed by atoms with van der Waals surface area (Å²) in [7, 11) is 0. The standard InChI is InChI=1S/C20H21N3O4.ClH/c24-20(22-11-10-14-6-7-15(13-22)21-14)18-12-16(23(25)26)8-9-19(18)27-17-4-2-1-3-5-17;/h1-5,8-9,12,14-15,21H,6-7,10-11,13H2;1H. The number of ether oxygens (including phenoxy) is 1. The summed E-state index contributed by atoms with van der Waals surface area (Å²) in [6.45, 7) is 1.25. The number of amides is 1. The fourth-order valence-corrected chi connectivity index (χ4v) is 3.80. The maximum atomic E-state index is 13.2. The molecule has 148 valence electrons. The van der Waals surface area contributed by atoms with Crippen LogP contribution in [0, 0.1) is 10.1 Å². The van der Waals surface area contributed by atoms with E-state index in [1.807, 2.05) is 18.2 Å². The Kier molecular flexibility index (Phi) is 6.16. The van der Waals surface area contributed by atoms with E-state index in [4.69, 9.17) is 4.74 Å². The summed E-state index contributed by atoms with van der Waals surface area (Å²) >= 11 is 0. The van der Waals surface area contributed by atoms with E-state index in [9.17, 15) is 14.9 Å². The van der Waals surface area contributed by atoms with Crippen LogP contribution < -0.4 is 10.1 Å². The molecule has 2 aromatic rings. The van der Waals surface area contributed by atoms with E-state index < -0.39 is 4.92 Å². The van der Waals surface area contributed by atoms with Crippen LogP contribution in [0.1, 0.15) is 29.6 Å². The minimum Gasteiger partial charge on any atom is -0.457 e. The molecule has 2 unspecified atom stereocenters. The third kappa shape index (κ3) is 4.26. The second-order valence-electron chi connectivity index (χ2n) is 7.03. The minimum atomic E-state index is -0.491. The monoisotopic (exact) mass is 403 g/mol. The number of rotatable bonds is 4.